The van der Waals surface area contributed by atoms with Crippen LogP contribution in [0.4, 0.5) is 0 Å². The normalized spacial score (nSPS) is 39.3. The van der Waals surface area contributed by atoms with Crippen molar-refractivity contribution in [2.45, 2.75) is 51.2 Å². The molecule has 1 saturated heterocycles. The Bertz CT molecular complexity index is 161. The van der Waals surface area contributed by atoms with Crippen molar-refractivity contribution in [2.24, 2.45) is 11.3 Å². The van der Waals surface area contributed by atoms with Gasteiger partial charge in [0.2, 0.25) is 0 Å². The van der Waals surface area contributed by atoms with E-state index in [9.17, 15) is 0 Å². The molecule has 0 aromatic rings. The monoisotopic (exact) mass is 290 g/mol. The van der Waals surface area contributed by atoms with E-state index in [1.807, 2.05) is 0 Å². The second-order valence-corrected chi connectivity index (χ2v) is 6.07. The lowest BCUT2D eigenvalue weighted by atomic mass is 9.55. The van der Waals surface area contributed by atoms with Crippen LogP contribution in [0.5, 0.6) is 0 Å². The molecule has 2 aliphatic rings. The first-order chi connectivity index (χ1) is 6.37. The van der Waals surface area contributed by atoms with Gasteiger partial charge >= 0.3 is 0 Å². The van der Waals surface area contributed by atoms with Crippen LogP contribution >= 0.6 is 22.6 Å². The van der Waals surface area contributed by atoms with Crippen LogP contribution in [0.15, 0.2) is 0 Å². The molecule has 13 heavy (non-hydrogen) atoms. The smallest absolute Gasteiger partial charge is 0.0864 e. The first-order valence-electron chi connectivity index (χ1n) is 5.93. The first kappa shape index (κ1) is 10.3. The van der Waals surface area contributed by atoms with E-state index in [1.54, 1.807) is 25.7 Å². The highest BCUT2D eigenvalue weighted by Crippen LogP contribution is 2.56. The Balaban J connectivity index is 1.93. The molecule has 1 spiro atoms. The molecule has 0 nitrogen and oxygen atoms in total. The summed E-state index contributed by atoms with van der Waals surface area (Å²) in [6.07, 6.45) is 12.3. The number of hydrogen-bond donors (Lipinski definition) is 0. The summed E-state index contributed by atoms with van der Waals surface area (Å²) in [4.78, 5) is 0. The molecule has 0 N–H and O–H groups in total. The zero-order valence-electron chi connectivity index (χ0n) is 8.53. The zero-order valence-corrected chi connectivity index (χ0v) is 10.7. The fourth-order valence-electron chi connectivity index (χ4n) is 3.43. The van der Waals surface area contributed by atoms with Crippen molar-refractivity contribution in [3.8, 4) is 0 Å². The van der Waals surface area contributed by atoms with Crippen LogP contribution in [0.25, 0.3) is 0 Å². The van der Waals surface area contributed by atoms with Crippen molar-refractivity contribution < 1.29 is 0 Å². The maximum Gasteiger partial charge on any atom is 0.120 e. The molecule has 0 aromatic carbocycles. The summed E-state index contributed by atoms with van der Waals surface area (Å²) in [7, 11) is 1.51. The predicted molar refractivity (Wildman–Crippen MR) is 69.3 cm³/mol. The van der Waals surface area contributed by atoms with Crippen molar-refractivity contribution >= 4 is 29.9 Å². The molecule has 0 amide bonds. The van der Waals surface area contributed by atoms with Crippen LogP contribution in [0.1, 0.15) is 38.5 Å². The van der Waals surface area contributed by atoms with E-state index < -0.39 is 0 Å². The number of alkyl halides is 1. The lowest BCUT2D eigenvalue weighted by Crippen LogP contribution is -2.39. The summed E-state index contributed by atoms with van der Waals surface area (Å²) in [6, 6.07) is 0. The lowest BCUT2D eigenvalue weighted by Gasteiger charge is -2.50. The van der Waals surface area contributed by atoms with Crippen LogP contribution in [-0.2, 0) is 0 Å². The minimum atomic E-state index is 0.849. The van der Waals surface area contributed by atoms with Crippen molar-refractivity contribution in [1.29, 1.82) is 0 Å². The van der Waals surface area contributed by atoms with E-state index in [1.165, 1.54) is 37.2 Å². The van der Waals surface area contributed by atoms with Crippen LogP contribution < -0.4 is 0 Å². The number of halogens is 1. The van der Waals surface area contributed by atoms with E-state index >= 15 is 0 Å². The molecule has 2 fully saturated rings. The summed E-state index contributed by atoms with van der Waals surface area (Å²) in [5.74, 6) is 1.11. The van der Waals surface area contributed by atoms with Gasteiger partial charge in [0.25, 0.3) is 0 Å². The molecule has 2 atom stereocenters. The quantitative estimate of drug-likeness (QED) is 0.413. The van der Waals surface area contributed by atoms with E-state index in [-0.39, 0.29) is 0 Å². The molecule has 74 valence electrons. The Labute approximate surface area is 96.6 Å². The highest BCUT2D eigenvalue weighted by molar-refractivity contribution is 14.1. The second kappa shape index (κ2) is 4.54. The Morgan fingerprint density at radius 2 is 2.15 bits per heavy atom. The van der Waals surface area contributed by atoms with Gasteiger partial charge in [-0.3, -0.25) is 0 Å². The molecule has 2 heteroatoms. The molecule has 1 saturated carbocycles. The van der Waals surface area contributed by atoms with Gasteiger partial charge in [-0.05, 0) is 41.4 Å². The molecule has 0 aromatic heterocycles. The van der Waals surface area contributed by atoms with Gasteiger partial charge in [-0.1, -0.05) is 48.1 Å². The van der Waals surface area contributed by atoms with Crippen LogP contribution in [-0.4, -0.2) is 11.7 Å². The Hall–Kier alpha value is 0.795. The second-order valence-electron chi connectivity index (χ2n) is 4.99. The van der Waals surface area contributed by atoms with Crippen LogP contribution in [0.3, 0.4) is 0 Å². The van der Waals surface area contributed by atoms with Gasteiger partial charge in [0.15, 0.2) is 0 Å². The summed E-state index contributed by atoms with van der Waals surface area (Å²) in [6.45, 7) is 0. The molecule has 1 heterocycles. The minimum Gasteiger partial charge on any atom is -0.0864 e. The summed E-state index contributed by atoms with van der Waals surface area (Å²) in [5, 5.41) is 0. The van der Waals surface area contributed by atoms with Crippen LogP contribution in [0, 0.1) is 11.3 Å². The van der Waals surface area contributed by atoms with Gasteiger partial charge in [-0.25, -0.2) is 0 Å². The van der Waals surface area contributed by atoms with Crippen molar-refractivity contribution in [3.63, 3.8) is 0 Å². The molecule has 1 aliphatic heterocycles. The fourth-order valence-corrected chi connectivity index (χ4v) is 4.18. The average molecular weight is 290 g/mol. The van der Waals surface area contributed by atoms with E-state index in [2.05, 4.69) is 22.6 Å². The minimum absolute atomic E-state index is 0.849. The van der Waals surface area contributed by atoms with E-state index in [0.29, 0.717) is 0 Å². The Kier molecular flexibility index (Phi) is 3.61. The molecular formula is C11H20BI. The van der Waals surface area contributed by atoms with E-state index in [4.69, 9.17) is 0 Å². The highest BCUT2D eigenvalue weighted by atomic mass is 127. The summed E-state index contributed by atoms with van der Waals surface area (Å²) < 4.78 is 1.38. The largest absolute Gasteiger partial charge is 0.120 e. The van der Waals surface area contributed by atoms with Gasteiger partial charge in [-0.15, -0.1) is 0 Å². The molecule has 0 radical (unpaired) electrons. The lowest BCUT2D eigenvalue weighted by molar-refractivity contribution is 0.0156. The van der Waals surface area contributed by atoms with Crippen molar-refractivity contribution in [1.82, 2.24) is 0 Å². The Morgan fingerprint density at radius 1 is 1.23 bits per heavy atom. The van der Waals surface area contributed by atoms with E-state index in [0.717, 1.165) is 11.3 Å². The number of hydrogen-bond acceptors (Lipinski definition) is 0. The maximum absolute atomic E-state index is 2.55. The SMILES string of the molecule is ICCC1CCC12CCBCCC2. The molecular weight excluding hydrogens is 270 g/mol. The van der Waals surface area contributed by atoms with Gasteiger partial charge in [0.05, 0.1) is 0 Å². The zero-order chi connectivity index (χ0) is 9.15. The topological polar surface area (TPSA) is 0 Å². The molecule has 0 bridgehead atoms. The third-order valence-corrected chi connectivity index (χ3v) is 5.04. The Morgan fingerprint density at radius 3 is 2.85 bits per heavy atom. The van der Waals surface area contributed by atoms with Gasteiger partial charge in [0.1, 0.15) is 7.28 Å². The third-order valence-electron chi connectivity index (χ3n) is 4.41. The van der Waals surface area contributed by atoms with Crippen molar-refractivity contribution in [2.75, 3.05) is 4.43 Å². The molecule has 1 aliphatic carbocycles. The third kappa shape index (κ3) is 2.08. The number of rotatable bonds is 2. The van der Waals surface area contributed by atoms with Gasteiger partial charge in [0, 0.05) is 0 Å². The molecule has 2 unspecified atom stereocenters. The predicted octanol–water partition coefficient (Wildman–Crippen LogP) is 3.66. The molecule has 2 rings (SSSR count). The first-order valence-corrected chi connectivity index (χ1v) is 7.46. The average Bonchev–Trinajstić information content (AvgIpc) is 2.39. The van der Waals surface area contributed by atoms with Gasteiger partial charge in [-0.2, -0.15) is 0 Å². The van der Waals surface area contributed by atoms with Crippen molar-refractivity contribution in [3.05, 3.63) is 0 Å². The maximum atomic E-state index is 2.55. The fraction of sp³-hybridized carbons (Fsp3) is 1.00. The summed E-state index contributed by atoms with van der Waals surface area (Å²) >= 11 is 2.55. The standard InChI is InChI=1S/C11H20BI/c13-9-3-10-2-5-11(10)4-1-7-12-8-6-11/h10,12H,1-9H2. The van der Waals surface area contributed by atoms with Gasteiger partial charge < -0.3 is 0 Å². The van der Waals surface area contributed by atoms with Crippen LogP contribution in [0.2, 0.25) is 12.6 Å². The highest BCUT2D eigenvalue weighted by Gasteiger charge is 2.45. The summed E-state index contributed by atoms with van der Waals surface area (Å²) in [5.41, 5.74) is 0.849.